The molecular formula is C21H28ClN5OS2. The Bertz CT molecular complexity index is 1010. The van der Waals surface area contributed by atoms with Crippen LogP contribution in [0.4, 0.5) is 17.2 Å². The van der Waals surface area contributed by atoms with Crippen LogP contribution in [0, 0.1) is 0 Å². The predicted octanol–water partition coefficient (Wildman–Crippen LogP) is 5.08. The van der Waals surface area contributed by atoms with E-state index in [1.165, 1.54) is 23.3 Å². The largest absolute Gasteiger partial charge is 0.398 e. The molecule has 3 aromatic rings. The highest BCUT2D eigenvalue weighted by molar-refractivity contribution is 7.80. The average Bonchev–Trinajstić information content (AvgIpc) is 3.12. The van der Waals surface area contributed by atoms with Crippen LogP contribution in [0.3, 0.4) is 0 Å². The number of likely N-dealkylation sites (N-methyl/N-ethyl adjacent to an activating group) is 1. The minimum Gasteiger partial charge on any atom is -0.398 e. The maximum atomic E-state index is 6.30. The highest BCUT2D eigenvalue weighted by Gasteiger charge is 2.20. The molecule has 4 rings (SSSR count). The first-order valence-electron chi connectivity index (χ1n) is 9.91. The van der Waals surface area contributed by atoms with Gasteiger partial charge in [0.25, 0.3) is 0 Å². The average molecular weight is 466 g/mol. The summed E-state index contributed by atoms with van der Waals surface area (Å²) in [5.74, 6) is 0.800. The van der Waals surface area contributed by atoms with Gasteiger partial charge in [-0.2, -0.15) is 0 Å². The standard InChI is InChI=1S/C16H15ClN4S2.C5H13NO/c17-9-5-10(18)12(22)6-11(9)21-15-14-8-3-1-2-4-13(8)23-16(14)20-7-19-15;1-5(6-2)4-7-3/h5-7,22H,1-4,18H2,(H,19,20,21);5-6H,4H2,1-3H3. The lowest BCUT2D eigenvalue weighted by Gasteiger charge is -2.13. The molecule has 2 aromatic heterocycles. The molecule has 0 fully saturated rings. The van der Waals surface area contributed by atoms with Gasteiger partial charge in [-0.1, -0.05) is 11.6 Å². The molecule has 9 heteroatoms. The Morgan fingerprint density at radius 2 is 2.07 bits per heavy atom. The summed E-state index contributed by atoms with van der Waals surface area (Å²) in [5.41, 5.74) is 8.53. The number of hydrogen-bond acceptors (Lipinski definition) is 8. The number of methoxy groups -OCH3 is 1. The summed E-state index contributed by atoms with van der Waals surface area (Å²) < 4.78 is 4.83. The van der Waals surface area contributed by atoms with Crippen molar-refractivity contribution in [1.82, 2.24) is 15.3 Å². The van der Waals surface area contributed by atoms with Crippen LogP contribution in [0.1, 0.15) is 30.2 Å². The monoisotopic (exact) mass is 465 g/mol. The molecule has 2 heterocycles. The molecular weight excluding hydrogens is 438 g/mol. The molecule has 30 heavy (non-hydrogen) atoms. The molecule has 4 N–H and O–H groups in total. The number of thiophene rings is 1. The van der Waals surface area contributed by atoms with Gasteiger partial charge < -0.3 is 21.1 Å². The van der Waals surface area contributed by atoms with E-state index in [0.717, 1.165) is 41.2 Å². The van der Waals surface area contributed by atoms with Gasteiger partial charge in [-0.05, 0) is 57.4 Å². The summed E-state index contributed by atoms with van der Waals surface area (Å²) in [5, 5.41) is 8.06. The molecule has 162 valence electrons. The molecule has 0 saturated heterocycles. The van der Waals surface area contributed by atoms with Crippen LogP contribution in [-0.4, -0.2) is 36.8 Å². The Labute approximate surface area is 192 Å². The number of nitrogens with two attached hydrogens (primary N) is 1. The number of fused-ring (bicyclic) bond motifs is 3. The number of anilines is 3. The molecule has 1 unspecified atom stereocenters. The van der Waals surface area contributed by atoms with Gasteiger partial charge in [-0.15, -0.1) is 24.0 Å². The number of thiol groups is 1. The lowest BCUT2D eigenvalue weighted by Crippen LogP contribution is -2.25. The van der Waals surface area contributed by atoms with E-state index in [4.69, 9.17) is 22.1 Å². The summed E-state index contributed by atoms with van der Waals surface area (Å²) >= 11 is 12.4. The zero-order valence-corrected chi connectivity index (χ0v) is 19.9. The Balaban J connectivity index is 0.000000318. The van der Waals surface area contributed by atoms with E-state index in [2.05, 4.69) is 40.2 Å². The van der Waals surface area contributed by atoms with Gasteiger partial charge in [-0.3, -0.25) is 0 Å². The van der Waals surface area contributed by atoms with Crippen molar-refractivity contribution in [3.8, 4) is 0 Å². The number of nitrogens with one attached hydrogen (secondary N) is 2. The Morgan fingerprint density at radius 3 is 2.77 bits per heavy atom. The summed E-state index contributed by atoms with van der Waals surface area (Å²) in [7, 11) is 3.62. The van der Waals surface area contributed by atoms with Gasteiger partial charge in [0.15, 0.2) is 0 Å². The maximum absolute atomic E-state index is 6.30. The van der Waals surface area contributed by atoms with Crippen LogP contribution < -0.4 is 16.4 Å². The number of halogens is 1. The van der Waals surface area contributed by atoms with Crippen molar-refractivity contribution in [2.75, 3.05) is 31.8 Å². The summed E-state index contributed by atoms with van der Waals surface area (Å²) in [6, 6.07) is 4.01. The van der Waals surface area contributed by atoms with Crippen molar-refractivity contribution in [3.63, 3.8) is 0 Å². The smallest absolute Gasteiger partial charge is 0.142 e. The summed E-state index contributed by atoms with van der Waals surface area (Å²) in [6.45, 7) is 2.86. The minimum atomic E-state index is 0.477. The first-order valence-corrected chi connectivity index (χ1v) is 11.5. The van der Waals surface area contributed by atoms with E-state index in [1.807, 2.05) is 13.1 Å². The molecule has 0 amide bonds. The fourth-order valence-electron chi connectivity index (χ4n) is 3.32. The van der Waals surface area contributed by atoms with Gasteiger partial charge in [0, 0.05) is 28.6 Å². The minimum absolute atomic E-state index is 0.477. The van der Waals surface area contributed by atoms with Crippen LogP contribution in [-0.2, 0) is 17.6 Å². The third kappa shape index (κ3) is 5.36. The van der Waals surface area contributed by atoms with Crippen molar-refractivity contribution < 1.29 is 4.74 Å². The van der Waals surface area contributed by atoms with Crippen LogP contribution in [0.5, 0.6) is 0 Å². The third-order valence-corrected chi connectivity index (χ3v) is 6.93. The Kier molecular flexibility index (Phi) is 8.19. The van der Waals surface area contributed by atoms with E-state index >= 15 is 0 Å². The molecule has 1 aliphatic carbocycles. The van der Waals surface area contributed by atoms with Crippen LogP contribution in [0.2, 0.25) is 5.02 Å². The number of nitrogens with zero attached hydrogens (tertiary/aromatic N) is 2. The van der Waals surface area contributed by atoms with Crippen LogP contribution in [0.25, 0.3) is 10.2 Å². The Hall–Kier alpha value is -1.58. The van der Waals surface area contributed by atoms with E-state index in [-0.39, 0.29) is 0 Å². The molecule has 1 aromatic carbocycles. The lowest BCUT2D eigenvalue weighted by molar-refractivity contribution is 0.175. The number of aryl methyl sites for hydroxylation is 2. The number of rotatable bonds is 5. The number of aromatic nitrogens is 2. The van der Waals surface area contributed by atoms with Gasteiger partial charge in [0.1, 0.15) is 17.0 Å². The van der Waals surface area contributed by atoms with Crippen molar-refractivity contribution in [2.24, 2.45) is 0 Å². The van der Waals surface area contributed by atoms with Crippen molar-refractivity contribution in [1.29, 1.82) is 0 Å². The number of hydrogen-bond donors (Lipinski definition) is 4. The van der Waals surface area contributed by atoms with Gasteiger partial charge >= 0.3 is 0 Å². The quantitative estimate of drug-likeness (QED) is 0.310. The van der Waals surface area contributed by atoms with Gasteiger partial charge in [-0.25, -0.2) is 9.97 Å². The maximum Gasteiger partial charge on any atom is 0.142 e. The second-order valence-corrected chi connectivity index (χ2v) is 9.25. The van der Waals surface area contributed by atoms with Crippen LogP contribution >= 0.6 is 35.6 Å². The van der Waals surface area contributed by atoms with E-state index in [0.29, 0.717) is 21.6 Å². The fraction of sp³-hybridized carbons (Fsp3) is 0.429. The zero-order chi connectivity index (χ0) is 21.7. The molecule has 0 aliphatic heterocycles. The molecule has 6 nitrogen and oxygen atoms in total. The van der Waals surface area contributed by atoms with E-state index < -0.39 is 0 Å². The highest BCUT2D eigenvalue weighted by Crippen LogP contribution is 2.40. The molecule has 1 atom stereocenters. The highest BCUT2D eigenvalue weighted by atomic mass is 35.5. The van der Waals surface area contributed by atoms with Crippen LogP contribution in [0.15, 0.2) is 23.4 Å². The van der Waals surface area contributed by atoms with Crippen molar-refractivity contribution in [2.45, 2.75) is 43.5 Å². The second kappa shape index (κ2) is 10.6. The topological polar surface area (TPSA) is 85.1 Å². The number of nitrogen functional groups attached to an aromatic ring is 1. The van der Waals surface area contributed by atoms with E-state index in [9.17, 15) is 0 Å². The summed E-state index contributed by atoms with van der Waals surface area (Å²) in [4.78, 5) is 12.0. The normalized spacial score (nSPS) is 14.0. The fourth-order valence-corrected chi connectivity index (χ4v) is 4.96. The SMILES string of the molecule is CNC(C)COC.Nc1cc(Cl)c(Nc2ncnc3sc4c(c23)CCCC4)cc1S. The Morgan fingerprint density at radius 1 is 1.30 bits per heavy atom. The molecule has 0 spiro atoms. The molecule has 0 radical (unpaired) electrons. The number of ether oxygens (including phenoxy) is 1. The first-order chi connectivity index (χ1) is 14.4. The van der Waals surface area contributed by atoms with Crippen molar-refractivity contribution in [3.05, 3.63) is 33.9 Å². The first kappa shape index (κ1) is 23.1. The lowest BCUT2D eigenvalue weighted by atomic mass is 9.97. The zero-order valence-electron chi connectivity index (χ0n) is 17.5. The second-order valence-electron chi connectivity index (χ2n) is 7.27. The predicted molar refractivity (Wildman–Crippen MR) is 131 cm³/mol. The van der Waals surface area contributed by atoms with Gasteiger partial charge in [0.05, 0.1) is 22.7 Å². The van der Waals surface area contributed by atoms with E-state index in [1.54, 1.807) is 30.8 Å². The van der Waals surface area contributed by atoms with Crippen molar-refractivity contribution >= 4 is 63.0 Å². The number of benzene rings is 1. The summed E-state index contributed by atoms with van der Waals surface area (Å²) in [6.07, 6.45) is 6.29. The molecule has 1 aliphatic rings. The van der Waals surface area contributed by atoms with Gasteiger partial charge in [0.2, 0.25) is 0 Å². The molecule has 0 saturated carbocycles. The molecule has 0 bridgehead atoms. The third-order valence-electron chi connectivity index (χ3n) is 5.03.